The Bertz CT molecular complexity index is 136. The van der Waals surface area contributed by atoms with E-state index >= 15 is 0 Å². The van der Waals surface area contributed by atoms with Crippen LogP contribution in [0.15, 0.2) is 25.3 Å². The minimum atomic E-state index is 0.722. The van der Waals surface area contributed by atoms with Crippen LogP contribution in [-0.4, -0.2) is 22.5 Å². The van der Waals surface area contributed by atoms with E-state index in [-0.39, 0.29) is 0 Å². The molecule has 0 rings (SSSR count). The van der Waals surface area contributed by atoms with Gasteiger partial charge in [-0.1, -0.05) is 40.7 Å². The van der Waals surface area contributed by atoms with E-state index in [2.05, 4.69) is 20.1 Å². The van der Waals surface area contributed by atoms with Crippen molar-refractivity contribution in [3.63, 3.8) is 0 Å². The van der Waals surface area contributed by atoms with Gasteiger partial charge in [-0.05, 0) is 9.83 Å². The molecule has 1 atom stereocenters. The zero-order valence-electron chi connectivity index (χ0n) is 7.90. The molecule has 13 heavy (non-hydrogen) atoms. The van der Waals surface area contributed by atoms with E-state index in [4.69, 9.17) is 0 Å². The first-order valence-electron chi connectivity index (χ1n) is 4.05. The van der Waals surface area contributed by atoms with Crippen LogP contribution in [0.3, 0.4) is 0 Å². The first-order valence-corrected chi connectivity index (χ1v) is 8.92. The van der Waals surface area contributed by atoms with Crippen molar-refractivity contribution in [3.05, 3.63) is 25.3 Å². The molecule has 76 valence electrons. The first-order chi connectivity index (χ1) is 6.31. The number of hydrogen-bond acceptors (Lipinski definition) is 4. The molecule has 0 N–H and O–H groups in total. The molecule has 0 spiro atoms. The topological polar surface area (TPSA) is 0 Å². The molecule has 0 amide bonds. The highest BCUT2D eigenvalue weighted by Gasteiger charge is 2.01. The van der Waals surface area contributed by atoms with Crippen LogP contribution in [0.25, 0.3) is 0 Å². The summed E-state index contributed by atoms with van der Waals surface area (Å²) in [5.74, 6) is 3.30. The molecule has 1 unspecified atom stereocenters. The fraction of sp³-hybridized carbons (Fsp3) is 0.556. The number of hydrogen-bond donors (Lipinski definition) is 0. The molecular formula is C9H16S4. The largest absolute Gasteiger partial charge is 0.154 e. The summed E-state index contributed by atoms with van der Waals surface area (Å²) in [5.41, 5.74) is 0. The van der Waals surface area contributed by atoms with Crippen molar-refractivity contribution in [2.45, 2.75) is 12.2 Å². The summed E-state index contributed by atoms with van der Waals surface area (Å²) in [6, 6.07) is 0. The van der Waals surface area contributed by atoms with Crippen molar-refractivity contribution in [1.29, 1.82) is 0 Å². The monoisotopic (exact) mass is 252 g/mol. The van der Waals surface area contributed by atoms with Crippen LogP contribution >= 0.6 is 43.2 Å². The Morgan fingerprint density at radius 3 is 2.46 bits per heavy atom. The molecule has 0 bridgehead atoms. The van der Waals surface area contributed by atoms with Gasteiger partial charge in [-0.15, -0.1) is 13.2 Å². The molecule has 0 saturated carbocycles. The molecule has 0 nitrogen and oxygen atoms in total. The molecule has 0 saturated heterocycles. The fourth-order valence-corrected chi connectivity index (χ4v) is 5.34. The van der Waals surface area contributed by atoms with Gasteiger partial charge in [0.1, 0.15) is 0 Å². The number of thioether (sulfide) groups is 1. The lowest BCUT2D eigenvalue weighted by Gasteiger charge is -2.07. The maximum absolute atomic E-state index is 3.71. The van der Waals surface area contributed by atoms with Gasteiger partial charge in [0.25, 0.3) is 0 Å². The van der Waals surface area contributed by atoms with Crippen molar-refractivity contribution in [2.75, 3.05) is 17.3 Å². The van der Waals surface area contributed by atoms with Gasteiger partial charge in [-0.3, -0.25) is 0 Å². The Morgan fingerprint density at radius 2 is 1.85 bits per heavy atom. The lowest BCUT2D eigenvalue weighted by atomic mass is 10.6. The Morgan fingerprint density at radius 1 is 1.15 bits per heavy atom. The maximum atomic E-state index is 3.71. The van der Waals surface area contributed by atoms with Crippen LogP contribution in [-0.2, 0) is 0 Å². The smallest absolute Gasteiger partial charge is 0.0223 e. The molecule has 0 aliphatic carbocycles. The molecule has 0 heterocycles. The third-order valence-corrected chi connectivity index (χ3v) is 6.78. The van der Waals surface area contributed by atoms with Gasteiger partial charge in [-0.25, -0.2) is 0 Å². The lowest BCUT2D eigenvalue weighted by Crippen LogP contribution is -1.98. The van der Waals surface area contributed by atoms with Crippen molar-refractivity contribution in [2.24, 2.45) is 0 Å². The van der Waals surface area contributed by atoms with Crippen molar-refractivity contribution < 1.29 is 0 Å². The standard InChI is InChI=1S/C9H16S4/c1-4-6-10-9(3)8-12-13-11-7-5-2/h4-5,9H,1-2,6-8H2,3H3. The van der Waals surface area contributed by atoms with Crippen LogP contribution in [0.1, 0.15) is 6.92 Å². The average Bonchev–Trinajstić information content (AvgIpc) is 2.14. The van der Waals surface area contributed by atoms with E-state index in [1.54, 1.807) is 0 Å². The summed E-state index contributed by atoms with van der Waals surface area (Å²) in [6.07, 6.45) is 3.90. The summed E-state index contributed by atoms with van der Waals surface area (Å²) >= 11 is 1.96. The van der Waals surface area contributed by atoms with Crippen LogP contribution in [0.2, 0.25) is 0 Å². The van der Waals surface area contributed by atoms with Gasteiger partial charge in [0.2, 0.25) is 0 Å². The minimum Gasteiger partial charge on any atom is -0.154 e. The molecular weight excluding hydrogens is 236 g/mol. The summed E-state index contributed by atoms with van der Waals surface area (Å²) < 4.78 is 0. The SMILES string of the molecule is C=CCSSSCC(C)SCC=C. The van der Waals surface area contributed by atoms with E-state index in [1.807, 2.05) is 55.3 Å². The highest BCUT2D eigenvalue weighted by Crippen LogP contribution is 2.36. The van der Waals surface area contributed by atoms with E-state index < -0.39 is 0 Å². The Balaban J connectivity index is 3.11. The van der Waals surface area contributed by atoms with E-state index in [0.29, 0.717) is 0 Å². The van der Waals surface area contributed by atoms with Gasteiger partial charge in [0, 0.05) is 22.5 Å². The second-order valence-corrected chi connectivity index (χ2v) is 8.15. The van der Waals surface area contributed by atoms with Gasteiger partial charge in [-0.2, -0.15) is 11.8 Å². The second kappa shape index (κ2) is 11.0. The molecule has 0 aromatic rings. The molecule has 0 aromatic heterocycles. The lowest BCUT2D eigenvalue weighted by molar-refractivity contribution is 1.14. The molecule has 0 aliphatic heterocycles. The van der Waals surface area contributed by atoms with E-state index in [1.165, 1.54) is 5.75 Å². The minimum absolute atomic E-state index is 0.722. The van der Waals surface area contributed by atoms with Gasteiger partial charge < -0.3 is 0 Å². The average molecular weight is 252 g/mol. The summed E-state index contributed by atoms with van der Waals surface area (Å²) in [7, 11) is 5.64. The Hall–Kier alpha value is 0.880. The van der Waals surface area contributed by atoms with E-state index in [9.17, 15) is 0 Å². The third-order valence-electron chi connectivity index (χ3n) is 1.08. The molecule has 0 aromatic carbocycles. The second-order valence-electron chi connectivity index (χ2n) is 2.36. The van der Waals surface area contributed by atoms with Crippen LogP contribution < -0.4 is 0 Å². The predicted octanol–water partition coefficient (Wildman–Crippen LogP) is 4.51. The van der Waals surface area contributed by atoms with Gasteiger partial charge in [0.15, 0.2) is 0 Å². The Kier molecular flexibility index (Phi) is 11.7. The summed E-state index contributed by atoms with van der Waals surface area (Å²) in [5, 5.41) is 0.722. The normalized spacial score (nSPS) is 12.4. The van der Waals surface area contributed by atoms with Crippen molar-refractivity contribution >= 4 is 43.2 Å². The van der Waals surface area contributed by atoms with Crippen molar-refractivity contribution in [1.82, 2.24) is 0 Å². The quantitative estimate of drug-likeness (QED) is 0.336. The van der Waals surface area contributed by atoms with Gasteiger partial charge >= 0.3 is 0 Å². The highest BCUT2D eigenvalue weighted by atomic mass is 33.5. The molecule has 4 heteroatoms. The summed E-state index contributed by atoms with van der Waals surface area (Å²) in [6.45, 7) is 9.64. The number of rotatable bonds is 9. The van der Waals surface area contributed by atoms with E-state index in [0.717, 1.165) is 16.8 Å². The van der Waals surface area contributed by atoms with Crippen LogP contribution in [0.5, 0.6) is 0 Å². The molecule has 0 radical (unpaired) electrons. The molecule has 0 aliphatic rings. The zero-order chi connectivity index (χ0) is 9.94. The first kappa shape index (κ1) is 13.9. The van der Waals surface area contributed by atoms with Gasteiger partial charge in [0.05, 0.1) is 0 Å². The summed E-state index contributed by atoms with van der Waals surface area (Å²) in [4.78, 5) is 0. The predicted molar refractivity (Wildman–Crippen MR) is 74.8 cm³/mol. The maximum Gasteiger partial charge on any atom is 0.0223 e. The third kappa shape index (κ3) is 10.8. The fourth-order valence-electron chi connectivity index (χ4n) is 0.514. The Labute approximate surface area is 97.6 Å². The highest BCUT2D eigenvalue weighted by molar-refractivity contribution is 9.09. The zero-order valence-corrected chi connectivity index (χ0v) is 11.2. The van der Waals surface area contributed by atoms with Crippen LogP contribution in [0, 0.1) is 0 Å². The van der Waals surface area contributed by atoms with Crippen LogP contribution in [0.4, 0.5) is 0 Å². The molecule has 0 fully saturated rings. The van der Waals surface area contributed by atoms with Crippen molar-refractivity contribution in [3.8, 4) is 0 Å².